The summed E-state index contributed by atoms with van der Waals surface area (Å²) >= 11 is 0. The van der Waals surface area contributed by atoms with E-state index in [4.69, 9.17) is 5.11 Å². The van der Waals surface area contributed by atoms with E-state index >= 15 is 0 Å². The fourth-order valence-electron chi connectivity index (χ4n) is 1.82. The predicted octanol–water partition coefficient (Wildman–Crippen LogP) is 1.72. The van der Waals surface area contributed by atoms with Crippen LogP contribution in [0.15, 0.2) is 24.3 Å². The van der Waals surface area contributed by atoms with Crippen LogP contribution >= 0.6 is 0 Å². The van der Waals surface area contributed by atoms with Crippen molar-refractivity contribution in [2.45, 2.75) is 25.7 Å². The molecule has 1 unspecified atom stereocenters. The van der Waals surface area contributed by atoms with Crippen LogP contribution in [0.5, 0.6) is 0 Å². The van der Waals surface area contributed by atoms with E-state index in [-0.39, 0.29) is 13.0 Å². The summed E-state index contributed by atoms with van der Waals surface area (Å²) in [6.07, 6.45) is -0.0612. The van der Waals surface area contributed by atoms with E-state index in [0.29, 0.717) is 0 Å². The smallest absolute Gasteiger partial charge is 0.304 e. The van der Waals surface area contributed by atoms with Crippen molar-refractivity contribution < 1.29 is 15.0 Å². The maximum absolute atomic E-state index is 10.7. The second kappa shape index (κ2) is 4.45. The van der Waals surface area contributed by atoms with E-state index in [2.05, 4.69) is 0 Å². The Bertz CT molecular complexity index is 360. The van der Waals surface area contributed by atoms with Crippen molar-refractivity contribution in [3.8, 4) is 0 Å². The molecule has 0 fully saturated rings. The van der Waals surface area contributed by atoms with Gasteiger partial charge in [0.25, 0.3) is 0 Å². The lowest BCUT2D eigenvalue weighted by molar-refractivity contribution is -0.138. The summed E-state index contributed by atoms with van der Waals surface area (Å²) in [5.74, 6) is -0.894. The van der Waals surface area contributed by atoms with Crippen molar-refractivity contribution in [1.82, 2.24) is 0 Å². The number of aryl methyl sites for hydroxylation is 1. The molecule has 3 nitrogen and oxygen atoms in total. The van der Waals surface area contributed by atoms with Gasteiger partial charge in [-0.1, -0.05) is 31.2 Å². The molecule has 1 rings (SSSR count). The maximum atomic E-state index is 10.7. The Morgan fingerprint density at radius 3 is 2.47 bits per heavy atom. The summed E-state index contributed by atoms with van der Waals surface area (Å²) in [6, 6.07) is 7.55. The Balaban J connectivity index is 3.11. The number of aliphatic hydroxyl groups excluding tert-OH is 1. The van der Waals surface area contributed by atoms with Crippen molar-refractivity contribution >= 4 is 5.97 Å². The molecule has 0 aliphatic carbocycles. The van der Waals surface area contributed by atoms with Gasteiger partial charge >= 0.3 is 5.97 Å². The van der Waals surface area contributed by atoms with Gasteiger partial charge in [-0.25, -0.2) is 0 Å². The van der Waals surface area contributed by atoms with Crippen LogP contribution in [-0.4, -0.2) is 22.8 Å². The lowest BCUT2D eigenvalue weighted by Crippen LogP contribution is -2.30. The molecule has 0 heterocycles. The zero-order chi connectivity index (χ0) is 11.5. The van der Waals surface area contributed by atoms with E-state index in [0.717, 1.165) is 11.1 Å². The molecule has 0 aliphatic heterocycles. The number of aliphatic hydroxyl groups is 1. The van der Waals surface area contributed by atoms with Gasteiger partial charge in [0.05, 0.1) is 13.0 Å². The molecular formula is C12H16O3. The third-order valence-corrected chi connectivity index (χ3v) is 2.69. The first-order chi connectivity index (χ1) is 6.99. The van der Waals surface area contributed by atoms with E-state index < -0.39 is 11.4 Å². The van der Waals surface area contributed by atoms with Crippen LogP contribution in [0.25, 0.3) is 0 Å². The molecule has 0 amide bonds. The van der Waals surface area contributed by atoms with E-state index in [1.54, 1.807) is 6.92 Å². The number of aliphatic carboxylic acids is 1. The van der Waals surface area contributed by atoms with Crippen molar-refractivity contribution in [3.05, 3.63) is 35.4 Å². The summed E-state index contributed by atoms with van der Waals surface area (Å²) in [6.45, 7) is 3.53. The van der Waals surface area contributed by atoms with Gasteiger partial charge in [-0.2, -0.15) is 0 Å². The Kier molecular flexibility index (Phi) is 3.48. The maximum Gasteiger partial charge on any atom is 0.304 e. The van der Waals surface area contributed by atoms with Gasteiger partial charge in [0.15, 0.2) is 0 Å². The molecule has 1 atom stereocenters. The number of hydrogen-bond acceptors (Lipinski definition) is 2. The predicted molar refractivity (Wildman–Crippen MR) is 57.9 cm³/mol. The molecular weight excluding hydrogens is 192 g/mol. The highest BCUT2D eigenvalue weighted by atomic mass is 16.4. The first kappa shape index (κ1) is 11.7. The fourth-order valence-corrected chi connectivity index (χ4v) is 1.82. The second-order valence-corrected chi connectivity index (χ2v) is 4.10. The van der Waals surface area contributed by atoms with Crippen LogP contribution in [0, 0.1) is 6.92 Å². The summed E-state index contributed by atoms with van der Waals surface area (Å²) in [5.41, 5.74) is 1.21. The van der Waals surface area contributed by atoms with Crippen molar-refractivity contribution in [2.24, 2.45) is 0 Å². The van der Waals surface area contributed by atoms with Gasteiger partial charge in [-0.3, -0.25) is 4.79 Å². The van der Waals surface area contributed by atoms with E-state index in [9.17, 15) is 9.90 Å². The van der Waals surface area contributed by atoms with Crippen LogP contribution in [0.3, 0.4) is 0 Å². The average Bonchev–Trinajstić information content (AvgIpc) is 2.17. The first-order valence-corrected chi connectivity index (χ1v) is 4.88. The third-order valence-electron chi connectivity index (χ3n) is 2.69. The Hall–Kier alpha value is -1.35. The number of carboxylic acids is 1. The zero-order valence-corrected chi connectivity index (χ0v) is 9.03. The highest BCUT2D eigenvalue weighted by molar-refractivity contribution is 5.69. The quantitative estimate of drug-likeness (QED) is 0.792. The molecule has 15 heavy (non-hydrogen) atoms. The number of benzene rings is 1. The molecule has 0 saturated heterocycles. The van der Waals surface area contributed by atoms with Crippen molar-refractivity contribution in [3.63, 3.8) is 0 Å². The van der Waals surface area contributed by atoms with Gasteiger partial charge in [0.2, 0.25) is 0 Å². The zero-order valence-electron chi connectivity index (χ0n) is 9.03. The summed E-state index contributed by atoms with van der Waals surface area (Å²) < 4.78 is 0. The standard InChI is InChI=1S/C12H16O3/c1-9-5-3-4-6-10(9)12(2,8-13)7-11(14)15/h3-6,13H,7-8H2,1-2H3,(H,14,15). The minimum atomic E-state index is -0.894. The Morgan fingerprint density at radius 2 is 2.00 bits per heavy atom. The lowest BCUT2D eigenvalue weighted by Gasteiger charge is -2.27. The molecule has 0 bridgehead atoms. The number of hydrogen-bond donors (Lipinski definition) is 2. The first-order valence-electron chi connectivity index (χ1n) is 4.88. The van der Waals surface area contributed by atoms with Crippen molar-refractivity contribution in [2.75, 3.05) is 6.61 Å². The molecule has 0 saturated carbocycles. The Labute approximate surface area is 89.4 Å². The van der Waals surface area contributed by atoms with Crippen molar-refractivity contribution in [1.29, 1.82) is 0 Å². The average molecular weight is 208 g/mol. The summed E-state index contributed by atoms with van der Waals surface area (Å²) in [7, 11) is 0. The fraction of sp³-hybridized carbons (Fsp3) is 0.417. The van der Waals surface area contributed by atoms with Gasteiger partial charge in [0.1, 0.15) is 0 Å². The summed E-state index contributed by atoms with van der Waals surface area (Å²) in [5, 5.41) is 18.2. The monoisotopic (exact) mass is 208 g/mol. The topological polar surface area (TPSA) is 57.5 Å². The molecule has 1 aromatic rings. The molecule has 3 heteroatoms. The lowest BCUT2D eigenvalue weighted by atomic mass is 9.78. The van der Waals surface area contributed by atoms with E-state index in [1.165, 1.54) is 0 Å². The SMILES string of the molecule is Cc1ccccc1C(C)(CO)CC(=O)O. The molecule has 0 spiro atoms. The molecule has 1 aromatic carbocycles. The van der Waals surface area contributed by atoms with Gasteiger partial charge in [0, 0.05) is 5.41 Å². The van der Waals surface area contributed by atoms with Crippen LogP contribution < -0.4 is 0 Å². The second-order valence-electron chi connectivity index (χ2n) is 4.10. The normalized spacial score (nSPS) is 14.6. The minimum absolute atomic E-state index is 0.0612. The molecule has 0 radical (unpaired) electrons. The third kappa shape index (κ3) is 2.57. The Morgan fingerprint density at radius 1 is 1.40 bits per heavy atom. The largest absolute Gasteiger partial charge is 0.481 e. The van der Waals surface area contributed by atoms with Gasteiger partial charge in [-0.05, 0) is 18.1 Å². The van der Waals surface area contributed by atoms with Gasteiger partial charge < -0.3 is 10.2 Å². The summed E-state index contributed by atoms with van der Waals surface area (Å²) in [4.78, 5) is 10.7. The van der Waals surface area contributed by atoms with Gasteiger partial charge in [-0.15, -0.1) is 0 Å². The van der Waals surface area contributed by atoms with Crippen LogP contribution in [-0.2, 0) is 10.2 Å². The number of rotatable bonds is 4. The van der Waals surface area contributed by atoms with Crippen LogP contribution in [0.4, 0.5) is 0 Å². The highest BCUT2D eigenvalue weighted by Gasteiger charge is 2.29. The molecule has 0 aromatic heterocycles. The van der Waals surface area contributed by atoms with E-state index in [1.807, 2.05) is 31.2 Å². The van der Waals surface area contributed by atoms with Crippen LogP contribution in [0.1, 0.15) is 24.5 Å². The molecule has 82 valence electrons. The number of carbonyl (C=O) groups is 1. The minimum Gasteiger partial charge on any atom is -0.481 e. The highest BCUT2D eigenvalue weighted by Crippen LogP contribution is 2.29. The number of carboxylic acid groups (broad SMARTS) is 1. The van der Waals surface area contributed by atoms with Crippen LogP contribution in [0.2, 0.25) is 0 Å². The molecule has 2 N–H and O–H groups in total. The molecule has 0 aliphatic rings.